The van der Waals surface area contributed by atoms with E-state index in [0.29, 0.717) is 23.7 Å². The zero-order valence-corrected chi connectivity index (χ0v) is 18.2. The molecule has 1 atom stereocenters. The molecule has 0 saturated carbocycles. The van der Waals surface area contributed by atoms with Gasteiger partial charge >= 0.3 is 18.1 Å². The van der Waals surface area contributed by atoms with Gasteiger partial charge in [0.2, 0.25) is 0 Å². The highest BCUT2D eigenvalue weighted by Gasteiger charge is 2.38. The summed E-state index contributed by atoms with van der Waals surface area (Å²) in [4.78, 5) is 41.1. The second-order valence-corrected chi connectivity index (χ2v) is 8.29. The van der Waals surface area contributed by atoms with Crippen LogP contribution >= 0.6 is 11.3 Å². The second-order valence-electron chi connectivity index (χ2n) is 7.34. The Morgan fingerprint density at radius 1 is 1.15 bits per heavy atom. The molecule has 0 radical (unpaired) electrons. The van der Waals surface area contributed by atoms with E-state index < -0.39 is 17.9 Å². The van der Waals surface area contributed by atoms with Crippen LogP contribution in [0.15, 0.2) is 46.8 Å². The molecule has 0 spiro atoms. The number of alkyl halides is 3. The molecule has 33 heavy (non-hydrogen) atoms. The number of aliphatic imine (C=N–C) groups is 1. The van der Waals surface area contributed by atoms with E-state index in [0.717, 1.165) is 19.3 Å². The van der Waals surface area contributed by atoms with E-state index in [2.05, 4.69) is 15.6 Å². The van der Waals surface area contributed by atoms with Crippen LogP contribution in [0, 0.1) is 0 Å². The molecular weight excluding hydrogens is 459 g/mol. The van der Waals surface area contributed by atoms with E-state index in [9.17, 15) is 27.6 Å². The van der Waals surface area contributed by atoms with E-state index in [1.54, 1.807) is 17.0 Å². The number of hydrogen-bond acceptors (Lipinski definition) is 4. The van der Waals surface area contributed by atoms with E-state index in [1.807, 2.05) is 5.38 Å². The summed E-state index contributed by atoms with van der Waals surface area (Å²) >= 11 is 1.34. The van der Waals surface area contributed by atoms with E-state index >= 15 is 0 Å². The molecule has 176 valence electrons. The third-order valence-corrected chi connectivity index (χ3v) is 5.90. The lowest BCUT2D eigenvalue weighted by Crippen LogP contribution is -2.50. The number of carbonyl (C=O) groups is 3. The Labute approximate surface area is 191 Å². The van der Waals surface area contributed by atoms with Gasteiger partial charge in [-0.2, -0.15) is 18.2 Å². The van der Waals surface area contributed by atoms with Gasteiger partial charge in [0.05, 0.1) is 10.9 Å². The van der Waals surface area contributed by atoms with Crippen LogP contribution in [-0.4, -0.2) is 53.9 Å². The van der Waals surface area contributed by atoms with Gasteiger partial charge in [0.15, 0.2) is 0 Å². The molecule has 1 aliphatic heterocycles. The van der Waals surface area contributed by atoms with Crippen LogP contribution in [0.3, 0.4) is 0 Å². The first-order valence-corrected chi connectivity index (χ1v) is 11.0. The molecule has 0 aliphatic carbocycles. The van der Waals surface area contributed by atoms with Crippen LogP contribution in [-0.2, 0) is 4.79 Å². The van der Waals surface area contributed by atoms with Crippen LogP contribution in [0.4, 0.5) is 23.7 Å². The van der Waals surface area contributed by atoms with Crippen LogP contribution < -0.4 is 16.4 Å². The number of halogens is 3. The lowest BCUT2D eigenvalue weighted by molar-refractivity contribution is -0.169. The zero-order valence-electron chi connectivity index (χ0n) is 17.4. The number of amides is 4. The average molecular weight is 482 g/mol. The van der Waals surface area contributed by atoms with Crippen LogP contribution in [0.5, 0.6) is 0 Å². The van der Waals surface area contributed by atoms with Gasteiger partial charge in [-0.1, -0.05) is 6.07 Å². The van der Waals surface area contributed by atoms with E-state index in [4.69, 9.17) is 5.73 Å². The maximum Gasteiger partial charge on any atom is 0.473 e. The van der Waals surface area contributed by atoms with Crippen LogP contribution in [0.25, 0.3) is 0 Å². The number of likely N-dealkylation sites (tertiary alicyclic amines) is 1. The molecule has 12 heteroatoms. The first-order chi connectivity index (χ1) is 15.6. The Morgan fingerprint density at radius 3 is 2.52 bits per heavy atom. The number of anilines is 1. The summed E-state index contributed by atoms with van der Waals surface area (Å²) in [6.45, 7) is 0.853. The number of rotatable bonds is 5. The highest BCUT2D eigenvalue weighted by molar-refractivity contribution is 7.12. The minimum absolute atomic E-state index is 0.109. The normalized spacial score (nSPS) is 16.9. The molecule has 1 aromatic heterocycles. The molecule has 1 fully saturated rings. The van der Waals surface area contributed by atoms with Crippen molar-refractivity contribution in [2.24, 2.45) is 10.7 Å². The monoisotopic (exact) mass is 481 g/mol. The van der Waals surface area contributed by atoms with Crippen LogP contribution in [0.2, 0.25) is 0 Å². The number of benzene rings is 1. The minimum Gasteiger partial charge on any atom is -0.383 e. The summed E-state index contributed by atoms with van der Waals surface area (Å²) in [7, 11) is 0. The fraction of sp³-hybridized carbons (Fsp3) is 0.333. The van der Waals surface area contributed by atoms with Crippen molar-refractivity contribution in [2.45, 2.75) is 31.5 Å². The molecule has 1 unspecified atom stereocenters. The number of carbonyl (C=O) groups excluding carboxylic acids is 3. The van der Waals surface area contributed by atoms with Gasteiger partial charge in [0.1, 0.15) is 5.84 Å². The number of amidine groups is 1. The van der Waals surface area contributed by atoms with Gasteiger partial charge in [0.25, 0.3) is 5.91 Å². The van der Waals surface area contributed by atoms with Crippen molar-refractivity contribution in [1.82, 2.24) is 10.2 Å². The van der Waals surface area contributed by atoms with E-state index in [1.165, 1.54) is 35.6 Å². The molecule has 8 nitrogen and oxygen atoms in total. The van der Waals surface area contributed by atoms with Crippen molar-refractivity contribution in [3.63, 3.8) is 0 Å². The predicted molar refractivity (Wildman–Crippen MR) is 118 cm³/mol. The van der Waals surface area contributed by atoms with Gasteiger partial charge in [-0.25, -0.2) is 4.79 Å². The number of nitrogens with two attached hydrogens (primary N) is 1. The van der Waals surface area contributed by atoms with Gasteiger partial charge in [-0.05, 0) is 55.0 Å². The fourth-order valence-electron chi connectivity index (χ4n) is 3.34. The predicted octanol–water partition coefficient (Wildman–Crippen LogP) is 3.36. The third kappa shape index (κ3) is 6.54. The van der Waals surface area contributed by atoms with Gasteiger partial charge in [-0.3, -0.25) is 9.59 Å². The Kier molecular flexibility index (Phi) is 7.69. The molecule has 0 bridgehead atoms. The Balaban J connectivity index is 1.60. The van der Waals surface area contributed by atoms with Crippen molar-refractivity contribution in [1.29, 1.82) is 0 Å². The average Bonchev–Trinajstić information content (AvgIpc) is 3.32. The molecule has 4 N–H and O–H groups in total. The Bertz CT molecular complexity index is 1020. The highest BCUT2D eigenvalue weighted by Crippen LogP contribution is 2.20. The van der Waals surface area contributed by atoms with E-state index in [-0.39, 0.29) is 23.5 Å². The molecule has 2 aromatic rings. The summed E-state index contributed by atoms with van der Waals surface area (Å²) in [6.07, 6.45) is -2.58. The SMILES string of the molecule is NC(=NC(=O)C(F)(F)F)c1ccc(NC(=O)N2CCCCC2CNC(=O)c2cccs2)cc1. The fourth-order valence-corrected chi connectivity index (χ4v) is 3.98. The molecule has 4 amide bonds. The number of nitrogens with zero attached hydrogens (tertiary/aromatic N) is 2. The van der Waals surface area contributed by atoms with Gasteiger partial charge in [-0.15, -0.1) is 11.3 Å². The standard InChI is InChI=1S/C21H22F3N5O3S/c22-21(23,24)19(31)28-17(25)13-6-8-14(9-7-13)27-20(32)29-10-2-1-4-15(29)12-26-18(30)16-5-3-11-33-16/h3,5-9,11,15H,1-2,4,10,12H2,(H,26,30)(H,27,32)(H2,25,28,31). The van der Waals surface area contributed by atoms with Crippen molar-refractivity contribution >= 4 is 40.7 Å². The number of piperidine rings is 1. The number of thiophene rings is 1. The first kappa shape index (κ1) is 24.2. The molecule has 2 heterocycles. The van der Waals surface area contributed by atoms with Crippen LogP contribution in [0.1, 0.15) is 34.5 Å². The minimum atomic E-state index is -5.10. The van der Waals surface area contributed by atoms with Crippen molar-refractivity contribution in [3.8, 4) is 0 Å². The summed E-state index contributed by atoms with van der Waals surface area (Å²) in [5.74, 6) is -3.05. The summed E-state index contributed by atoms with van der Waals surface area (Å²) in [5.41, 5.74) is 5.97. The molecule has 1 aliphatic rings. The van der Waals surface area contributed by atoms with Crippen molar-refractivity contribution in [3.05, 3.63) is 52.2 Å². The lowest BCUT2D eigenvalue weighted by atomic mass is 10.0. The van der Waals surface area contributed by atoms with Crippen molar-refractivity contribution in [2.75, 3.05) is 18.4 Å². The number of urea groups is 1. The quantitative estimate of drug-likeness (QED) is 0.448. The molecular formula is C21H22F3N5O3S. The third-order valence-electron chi connectivity index (χ3n) is 5.03. The topological polar surface area (TPSA) is 117 Å². The first-order valence-electron chi connectivity index (χ1n) is 10.1. The Hall–Kier alpha value is -3.41. The second kappa shape index (κ2) is 10.5. The van der Waals surface area contributed by atoms with Gasteiger partial charge in [0, 0.05) is 24.3 Å². The molecule has 1 saturated heterocycles. The molecule has 3 rings (SSSR count). The smallest absolute Gasteiger partial charge is 0.383 e. The summed E-state index contributed by atoms with van der Waals surface area (Å²) < 4.78 is 37.0. The number of hydrogen-bond donors (Lipinski definition) is 3. The molecule has 1 aromatic carbocycles. The largest absolute Gasteiger partial charge is 0.473 e. The summed E-state index contributed by atoms with van der Waals surface area (Å²) in [5, 5.41) is 7.42. The maximum atomic E-state index is 12.8. The number of nitrogens with one attached hydrogen (secondary N) is 2. The Morgan fingerprint density at radius 2 is 1.88 bits per heavy atom. The lowest BCUT2D eigenvalue weighted by Gasteiger charge is -2.35. The maximum absolute atomic E-state index is 12.8. The van der Waals surface area contributed by atoms with Crippen molar-refractivity contribution < 1.29 is 27.6 Å². The highest BCUT2D eigenvalue weighted by atomic mass is 32.1. The van der Waals surface area contributed by atoms with Gasteiger partial charge < -0.3 is 21.3 Å². The zero-order chi connectivity index (χ0) is 24.0. The summed E-state index contributed by atoms with van der Waals surface area (Å²) in [6, 6.07) is 8.60.